The van der Waals surface area contributed by atoms with Crippen molar-refractivity contribution < 1.29 is 9.53 Å². The molecule has 0 spiro atoms. The largest absolute Gasteiger partial charge is 0.430 e. The number of amides is 1. The molecule has 0 radical (unpaired) electrons. The van der Waals surface area contributed by atoms with Crippen molar-refractivity contribution in [3.8, 4) is 0 Å². The molecule has 4 nitrogen and oxygen atoms in total. The number of hydrogen-bond donors (Lipinski definition) is 2. The van der Waals surface area contributed by atoms with Crippen LogP contribution in [0.25, 0.3) is 0 Å². The maximum absolute atomic E-state index is 10.6. The second kappa shape index (κ2) is 3.41. The van der Waals surface area contributed by atoms with E-state index in [1.54, 1.807) is 7.05 Å². The lowest BCUT2D eigenvalue weighted by Gasteiger charge is -2.10. The van der Waals surface area contributed by atoms with Gasteiger partial charge < -0.3 is 10.1 Å². The van der Waals surface area contributed by atoms with E-state index in [0.29, 0.717) is 0 Å². The molecule has 58 valence electrons. The van der Waals surface area contributed by atoms with Crippen LogP contribution in [0.4, 0.5) is 4.79 Å². The Kier molecular flexibility index (Phi) is 2.50. The van der Waals surface area contributed by atoms with Crippen molar-refractivity contribution in [2.45, 2.75) is 19.1 Å². The Hall–Kier alpha value is -0.770. The lowest BCUT2D eigenvalue weighted by molar-refractivity contribution is 0.0914. The summed E-state index contributed by atoms with van der Waals surface area (Å²) in [6.45, 7) is 0.946. The molecule has 10 heavy (non-hydrogen) atoms. The summed E-state index contributed by atoms with van der Waals surface area (Å²) >= 11 is 0. The molecule has 0 saturated carbocycles. The minimum absolute atomic E-state index is 0.0695. The summed E-state index contributed by atoms with van der Waals surface area (Å²) in [6, 6.07) is 0. The van der Waals surface area contributed by atoms with E-state index in [-0.39, 0.29) is 12.3 Å². The van der Waals surface area contributed by atoms with E-state index in [1.807, 2.05) is 0 Å². The molecule has 0 aromatic rings. The van der Waals surface area contributed by atoms with Crippen LogP contribution in [0.1, 0.15) is 12.8 Å². The van der Waals surface area contributed by atoms with Gasteiger partial charge >= 0.3 is 6.09 Å². The van der Waals surface area contributed by atoms with E-state index in [4.69, 9.17) is 4.74 Å². The van der Waals surface area contributed by atoms with Crippen LogP contribution in [-0.2, 0) is 4.74 Å². The Labute approximate surface area is 59.9 Å². The highest BCUT2D eigenvalue weighted by Crippen LogP contribution is 2.05. The minimum atomic E-state index is -0.362. The molecule has 0 aromatic carbocycles. The highest BCUT2D eigenvalue weighted by atomic mass is 16.6. The van der Waals surface area contributed by atoms with E-state index < -0.39 is 0 Å². The van der Waals surface area contributed by atoms with Gasteiger partial charge in [0.25, 0.3) is 0 Å². The topological polar surface area (TPSA) is 50.4 Å². The number of carbonyl (C=O) groups excluding carboxylic acids is 1. The number of hydrogen-bond acceptors (Lipinski definition) is 3. The van der Waals surface area contributed by atoms with Gasteiger partial charge in [0.1, 0.15) is 0 Å². The number of carbonyl (C=O) groups is 1. The Morgan fingerprint density at radius 3 is 3.10 bits per heavy atom. The Morgan fingerprint density at radius 2 is 2.60 bits per heavy atom. The molecule has 1 aliphatic rings. The molecule has 2 N–H and O–H groups in total. The Morgan fingerprint density at radius 1 is 1.80 bits per heavy atom. The molecule has 4 heteroatoms. The summed E-state index contributed by atoms with van der Waals surface area (Å²) < 4.78 is 4.90. The molecule has 1 unspecified atom stereocenters. The molecule has 1 aliphatic heterocycles. The highest BCUT2D eigenvalue weighted by molar-refractivity contribution is 5.66. The molecule has 1 saturated heterocycles. The first-order chi connectivity index (χ1) is 4.83. The van der Waals surface area contributed by atoms with Gasteiger partial charge in [0.05, 0.1) is 0 Å². The summed E-state index contributed by atoms with van der Waals surface area (Å²) in [7, 11) is 1.55. The normalized spacial score (nSPS) is 24.3. The first-order valence-electron chi connectivity index (χ1n) is 3.44. The predicted molar refractivity (Wildman–Crippen MR) is 36.6 cm³/mol. The SMILES string of the molecule is CNC(=O)OC1CCCN1. The van der Waals surface area contributed by atoms with Gasteiger partial charge in [-0.3, -0.25) is 5.32 Å². The zero-order valence-corrected chi connectivity index (χ0v) is 6.02. The zero-order chi connectivity index (χ0) is 7.40. The average molecular weight is 144 g/mol. The van der Waals surface area contributed by atoms with E-state index in [9.17, 15) is 4.79 Å². The van der Waals surface area contributed by atoms with Crippen LogP contribution in [0, 0.1) is 0 Å². The predicted octanol–water partition coefficient (Wildman–Crippen LogP) is 0.0519. The van der Waals surface area contributed by atoms with Gasteiger partial charge in [-0.05, 0) is 19.4 Å². The third-order valence-electron chi connectivity index (χ3n) is 1.47. The maximum atomic E-state index is 10.6. The van der Waals surface area contributed by atoms with Crippen molar-refractivity contribution >= 4 is 6.09 Å². The molecule has 0 aliphatic carbocycles. The van der Waals surface area contributed by atoms with Gasteiger partial charge in [0.2, 0.25) is 0 Å². The second-order valence-corrected chi connectivity index (χ2v) is 2.24. The molecular weight excluding hydrogens is 132 g/mol. The van der Waals surface area contributed by atoms with Gasteiger partial charge in [-0.25, -0.2) is 4.79 Å². The van der Waals surface area contributed by atoms with Gasteiger partial charge in [-0.2, -0.15) is 0 Å². The van der Waals surface area contributed by atoms with E-state index in [2.05, 4.69) is 10.6 Å². The van der Waals surface area contributed by atoms with E-state index in [1.165, 1.54) is 0 Å². The van der Waals surface area contributed by atoms with Crippen LogP contribution >= 0.6 is 0 Å². The van der Waals surface area contributed by atoms with E-state index >= 15 is 0 Å². The number of nitrogens with one attached hydrogen (secondary N) is 2. The number of ether oxygens (including phenoxy) is 1. The van der Waals surface area contributed by atoms with Crippen molar-refractivity contribution in [1.29, 1.82) is 0 Å². The third-order valence-corrected chi connectivity index (χ3v) is 1.47. The minimum Gasteiger partial charge on any atom is -0.430 e. The third kappa shape index (κ3) is 1.88. The molecule has 0 bridgehead atoms. The zero-order valence-electron chi connectivity index (χ0n) is 6.02. The van der Waals surface area contributed by atoms with E-state index in [0.717, 1.165) is 19.4 Å². The van der Waals surface area contributed by atoms with Crippen LogP contribution in [-0.4, -0.2) is 25.9 Å². The fourth-order valence-corrected chi connectivity index (χ4v) is 0.941. The molecular formula is C6H12N2O2. The lowest BCUT2D eigenvalue weighted by atomic mass is 10.4. The number of alkyl carbamates (subject to hydrolysis) is 1. The smallest absolute Gasteiger partial charge is 0.408 e. The maximum Gasteiger partial charge on any atom is 0.408 e. The summed E-state index contributed by atoms with van der Waals surface area (Å²) in [5, 5.41) is 5.43. The summed E-state index contributed by atoms with van der Waals surface area (Å²) in [6.07, 6.45) is 1.58. The molecule has 1 rings (SSSR count). The molecule has 1 amide bonds. The van der Waals surface area contributed by atoms with Crippen LogP contribution in [0.15, 0.2) is 0 Å². The molecule has 0 aromatic heterocycles. The van der Waals surface area contributed by atoms with Crippen molar-refractivity contribution in [2.24, 2.45) is 0 Å². The first kappa shape index (κ1) is 7.34. The van der Waals surface area contributed by atoms with Crippen molar-refractivity contribution in [2.75, 3.05) is 13.6 Å². The second-order valence-electron chi connectivity index (χ2n) is 2.24. The van der Waals surface area contributed by atoms with Gasteiger partial charge in [-0.15, -0.1) is 0 Å². The summed E-state index contributed by atoms with van der Waals surface area (Å²) in [5.41, 5.74) is 0. The Bertz CT molecular complexity index is 121. The summed E-state index contributed by atoms with van der Waals surface area (Å²) in [4.78, 5) is 10.6. The lowest BCUT2D eigenvalue weighted by Crippen LogP contribution is -2.31. The average Bonchev–Trinajstić information content (AvgIpc) is 2.40. The Balaban J connectivity index is 2.17. The highest BCUT2D eigenvalue weighted by Gasteiger charge is 2.16. The van der Waals surface area contributed by atoms with Crippen molar-refractivity contribution in [1.82, 2.24) is 10.6 Å². The fourth-order valence-electron chi connectivity index (χ4n) is 0.941. The van der Waals surface area contributed by atoms with Crippen LogP contribution in [0.2, 0.25) is 0 Å². The van der Waals surface area contributed by atoms with Gasteiger partial charge in [0.15, 0.2) is 6.23 Å². The quantitative estimate of drug-likeness (QED) is 0.546. The monoisotopic (exact) mass is 144 g/mol. The van der Waals surface area contributed by atoms with Crippen LogP contribution < -0.4 is 10.6 Å². The number of rotatable bonds is 1. The molecule has 1 atom stereocenters. The first-order valence-corrected chi connectivity index (χ1v) is 3.44. The molecule has 1 heterocycles. The summed E-state index contributed by atoms with van der Waals surface area (Å²) in [5.74, 6) is 0. The molecule has 1 fully saturated rings. The van der Waals surface area contributed by atoms with Crippen LogP contribution in [0.5, 0.6) is 0 Å². The standard InChI is InChI=1S/C6H12N2O2/c1-7-6(9)10-5-3-2-4-8-5/h5,8H,2-4H2,1H3,(H,7,9). The van der Waals surface area contributed by atoms with Crippen LogP contribution in [0.3, 0.4) is 0 Å². The van der Waals surface area contributed by atoms with Crippen molar-refractivity contribution in [3.05, 3.63) is 0 Å². The van der Waals surface area contributed by atoms with Gasteiger partial charge in [-0.1, -0.05) is 0 Å². The van der Waals surface area contributed by atoms with Gasteiger partial charge in [0, 0.05) is 7.05 Å². The fraction of sp³-hybridized carbons (Fsp3) is 0.833. The van der Waals surface area contributed by atoms with Crippen molar-refractivity contribution in [3.63, 3.8) is 0 Å².